The average molecular weight is 277 g/mol. The average Bonchev–Trinajstić information content (AvgIpc) is 3.04. The van der Waals surface area contributed by atoms with E-state index in [1.807, 2.05) is 22.7 Å². The molecule has 18 heavy (non-hydrogen) atoms. The molecule has 2 heterocycles. The molecular weight excluding hydrogens is 262 g/mol. The fourth-order valence-electron chi connectivity index (χ4n) is 2.74. The zero-order chi connectivity index (χ0) is 12.8. The van der Waals surface area contributed by atoms with Crippen LogP contribution in [-0.4, -0.2) is 13.0 Å². The largest absolute Gasteiger partial charge is 0.359 e. The van der Waals surface area contributed by atoms with Gasteiger partial charge >= 0.3 is 0 Å². The number of rotatable bonds is 3. The van der Waals surface area contributed by atoms with Crippen molar-refractivity contribution in [2.45, 2.75) is 25.2 Å². The first-order chi connectivity index (χ1) is 8.66. The van der Waals surface area contributed by atoms with Crippen LogP contribution in [0.25, 0.3) is 9.75 Å². The fourth-order valence-corrected chi connectivity index (χ4v) is 4.99. The highest BCUT2D eigenvalue weighted by molar-refractivity contribution is 7.21. The summed E-state index contributed by atoms with van der Waals surface area (Å²) in [6, 6.07) is 4.44. The number of fused-ring (bicyclic) bond motifs is 3. The van der Waals surface area contributed by atoms with Gasteiger partial charge in [0, 0.05) is 28.6 Å². The van der Waals surface area contributed by atoms with Crippen molar-refractivity contribution in [3.63, 3.8) is 0 Å². The van der Waals surface area contributed by atoms with E-state index < -0.39 is 0 Å². The molecule has 0 unspecified atom stereocenters. The molecule has 0 saturated heterocycles. The summed E-state index contributed by atoms with van der Waals surface area (Å²) < 4.78 is 0. The van der Waals surface area contributed by atoms with Crippen molar-refractivity contribution in [3.05, 3.63) is 34.0 Å². The van der Waals surface area contributed by atoms with Crippen molar-refractivity contribution >= 4 is 28.6 Å². The highest BCUT2D eigenvalue weighted by Crippen LogP contribution is 2.55. The summed E-state index contributed by atoms with van der Waals surface area (Å²) in [5, 5.41) is 7.02. The van der Waals surface area contributed by atoms with Crippen LogP contribution >= 0.6 is 22.7 Å². The maximum Gasteiger partial charge on any atom is 0.219 e. The van der Waals surface area contributed by atoms with Crippen LogP contribution in [0.5, 0.6) is 0 Å². The summed E-state index contributed by atoms with van der Waals surface area (Å²) in [5.74, 6) is 0.122. The van der Waals surface area contributed by atoms with Crippen LogP contribution < -0.4 is 5.32 Å². The van der Waals surface area contributed by atoms with E-state index in [9.17, 15) is 4.79 Å². The van der Waals surface area contributed by atoms with Gasteiger partial charge in [-0.3, -0.25) is 4.79 Å². The summed E-state index contributed by atoms with van der Waals surface area (Å²) >= 11 is 3.62. The molecule has 0 aromatic carbocycles. The van der Waals surface area contributed by atoms with Crippen LogP contribution in [0.1, 0.15) is 30.9 Å². The Kier molecular flexibility index (Phi) is 2.79. The molecule has 3 rings (SSSR count). The molecule has 0 aliphatic heterocycles. The number of hydrogen-bond acceptors (Lipinski definition) is 3. The summed E-state index contributed by atoms with van der Waals surface area (Å²) in [7, 11) is 1.70. The van der Waals surface area contributed by atoms with Gasteiger partial charge in [0.1, 0.15) is 0 Å². The van der Waals surface area contributed by atoms with Crippen LogP contribution in [-0.2, 0) is 10.2 Å². The van der Waals surface area contributed by atoms with E-state index >= 15 is 0 Å². The van der Waals surface area contributed by atoms with Crippen molar-refractivity contribution in [1.29, 1.82) is 0 Å². The molecule has 0 bridgehead atoms. The van der Waals surface area contributed by atoms with Gasteiger partial charge in [-0.15, -0.1) is 22.7 Å². The smallest absolute Gasteiger partial charge is 0.219 e. The van der Waals surface area contributed by atoms with Gasteiger partial charge in [-0.1, -0.05) is 6.92 Å². The van der Waals surface area contributed by atoms with Crippen molar-refractivity contribution in [2.24, 2.45) is 0 Å². The Morgan fingerprint density at radius 1 is 1.22 bits per heavy atom. The van der Waals surface area contributed by atoms with Gasteiger partial charge in [0.2, 0.25) is 5.91 Å². The molecule has 0 spiro atoms. The molecule has 2 nitrogen and oxygen atoms in total. The van der Waals surface area contributed by atoms with E-state index in [2.05, 4.69) is 35.1 Å². The predicted octanol–water partition coefficient (Wildman–Crippen LogP) is 3.62. The Morgan fingerprint density at radius 3 is 2.28 bits per heavy atom. The number of carbonyl (C=O) groups excluding carboxylic acids is 1. The second kappa shape index (κ2) is 4.21. The van der Waals surface area contributed by atoms with Crippen LogP contribution in [0, 0.1) is 0 Å². The van der Waals surface area contributed by atoms with Gasteiger partial charge in [-0.05, 0) is 40.4 Å². The first kappa shape index (κ1) is 11.9. The highest BCUT2D eigenvalue weighted by Gasteiger charge is 2.40. The summed E-state index contributed by atoms with van der Waals surface area (Å²) in [6.07, 6.45) is 1.46. The molecule has 0 saturated carbocycles. The minimum atomic E-state index is 0.0111. The number of nitrogens with one attached hydrogen (secondary N) is 1. The minimum absolute atomic E-state index is 0.0111. The Morgan fingerprint density at radius 2 is 1.78 bits per heavy atom. The SMILES string of the molecule is CNC(=O)CCC1(C)c2ccsc2-c2sccc21. The lowest BCUT2D eigenvalue weighted by molar-refractivity contribution is -0.120. The predicted molar refractivity (Wildman–Crippen MR) is 77.4 cm³/mol. The first-order valence-corrected chi connectivity index (χ1v) is 7.79. The second-order valence-corrected chi connectivity index (χ2v) is 6.66. The van der Waals surface area contributed by atoms with Crippen LogP contribution in [0.3, 0.4) is 0 Å². The molecule has 4 heteroatoms. The Balaban J connectivity index is 1.99. The first-order valence-electron chi connectivity index (χ1n) is 6.03. The molecule has 0 radical (unpaired) electrons. The number of thiophene rings is 2. The van der Waals surface area contributed by atoms with Crippen LogP contribution in [0.2, 0.25) is 0 Å². The summed E-state index contributed by atoms with van der Waals surface area (Å²) in [5.41, 5.74) is 2.81. The highest BCUT2D eigenvalue weighted by atomic mass is 32.1. The maximum atomic E-state index is 11.5. The number of amides is 1. The second-order valence-electron chi connectivity index (χ2n) is 4.83. The summed E-state index contributed by atoms with van der Waals surface area (Å²) in [6.45, 7) is 2.26. The van der Waals surface area contributed by atoms with Gasteiger partial charge in [0.25, 0.3) is 0 Å². The number of carbonyl (C=O) groups is 1. The monoisotopic (exact) mass is 277 g/mol. The molecule has 1 amide bonds. The normalized spacial score (nSPS) is 15.2. The van der Waals surface area contributed by atoms with Gasteiger partial charge in [0.05, 0.1) is 0 Å². The van der Waals surface area contributed by atoms with E-state index in [1.165, 1.54) is 20.9 Å². The van der Waals surface area contributed by atoms with E-state index in [0.717, 1.165) is 6.42 Å². The lowest BCUT2D eigenvalue weighted by atomic mass is 9.77. The Labute approximate surface area is 115 Å². The van der Waals surface area contributed by atoms with Crippen molar-refractivity contribution < 1.29 is 4.79 Å². The molecule has 2 aromatic rings. The van der Waals surface area contributed by atoms with Gasteiger partial charge < -0.3 is 5.32 Å². The topological polar surface area (TPSA) is 29.1 Å². The molecule has 2 aromatic heterocycles. The number of hydrogen-bond donors (Lipinski definition) is 1. The van der Waals surface area contributed by atoms with Crippen molar-refractivity contribution in [2.75, 3.05) is 7.05 Å². The van der Waals surface area contributed by atoms with E-state index in [-0.39, 0.29) is 11.3 Å². The molecule has 1 aliphatic rings. The molecule has 0 atom stereocenters. The maximum absolute atomic E-state index is 11.5. The van der Waals surface area contributed by atoms with Gasteiger partial charge in [-0.2, -0.15) is 0 Å². The lowest BCUT2D eigenvalue weighted by Gasteiger charge is -2.25. The quantitative estimate of drug-likeness (QED) is 0.912. The third-order valence-corrected chi connectivity index (χ3v) is 5.85. The Hall–Kier alpha value is -1.13. The molecule has 0 fully saturated rings. The van der Waals surface area contributed by atoms with Gasteiger partial charge in [-0.25, -0.2) is 0 Å². The van der Waals surface area contributed by atoms with Crippen LogP contribution in [0.4, 0.5) is 0 Å². The van der Waals surface area contributed by atoms with E-state index in [1.54, 1.807) is 7.05 Å². The Bertz CT molecular complexity index is 556. The minimum Gasteiger partial charge on any atom is -0.359 e. The standard InChI is InChI=1S/C14H15NOS2/c1-14(6-3-11(16)15-2)9-4-7-17-12(9)13-10(14)5-8-18-13/h4-5,7-8H,3,6H2,1-2H3,(H,15,16). The van der Waals surface area contributed by atoms with E-state index in [0.29, 0.717) is 6.42 Å². The van der Waals surface area contributed by atoms with Crippen LogP contribution in [0.15, 0.2) is 22.9 Å². The van der Waals surface area contributed by atoms with E-state index in [4.69, 9.17) is 0 Å². The fraction of sp³-hybridized carbons (Fsp3) is 0.357. The zero-order valence-electron chi connectivity index (χ0n) is 10.4. The molecule has 1 aliphatic carbocycles. The molecule has 94 valence electrons. The van der Waals surface area contributed by atoms with Gasteiger partial charge in [0.15, 0.2) is 0 Å². The summed E-state index contributed by atoms with van der Waals surface area (Å²) in [4.78, 5) is 14.3. The lowest BCUT2D eigenvalue weighted by Crippen LogP contribution is -2.25. The van der Waals surface area contributed by atoms with Crippen molar-refractivity contribution in [3.8, 4) is 9.75 Å². The van der Waals surface area contributed by atoms with Crippen molar-refractivity contribution in [1.82, 2.24) is 5.32 Å². The molecule has 1 N–H and O–H groups in total. The zero-order valence-corrected chi connectivity index (χ0v) is 12.1. The third kappa shape index (κ3) is 1.56. The molecular formula is C14H15NOS2. The third-order valence-electron chi connectivity index (χ3n) is 3.86.